The summed E-state index contributed by atoms with van der Waals surface area (Å²) in [4.78, 5) is 11.0. The van der Waals surface area contributed by atoms with E-state index in [0.29, 0.717) is 6.04 Å². The summed E-state index contributed by atoms with van der Waals surface area (Å²) in [5.41, 5.74) is 2.51. The van der Waals surface area contributed by atoms with Gasteiger partial charge in [-0.05, 0) is 25.8 Å². The molecule has 16 heavy (non-hydrogen) atoms. The molecular weight excluding hydrogens is 200 g/mol. The van der Waals surface area contributed by atoms with Gasteiger partial charge >= 0.3 is 0 Å². The van der Waals surface area contributed by atoms with E-state index in [1.807, 2.05) is 25.2 Å². The van der Waals surface area contributed by atoms with Gasteiger partial charge in [0.2, 0.25) is 5.95 Å². The Kier molecular flexibility index (Phi) is 3.39. The van der Waals surface area contributed by atoms with Crippen molar-refractivity contribution in [2.45, 2.75) is 32.2 Å². The SMILES string of the molecule is CCNC1CCCc2nc(N(C)C)ncc21. The van der Waals surface area contributed by atoms with Crippen LogP contribution in [0.15, 0.2) is 6.20 Å². The molecular formula is C12H20N4. The van der Waals surface area contributed by atoms with Crippen molar-refractivity contribution >= 4 is 5.95 Å². The minimum atomic E-state index is 0.449. The second kappa shape index (κ2) is 4.78. The number of nitrogens with zero attached hydrogens (tertiary/aromatic N) is 3. The predicted molar refractivity (Wildman–Crippen MR) is 65.7 cm³/mol. The fourth-order valence-electron chi connectivity index (χ4n) is 2.21. The highest BCUT2D eigenvalue weighted by Gasteiger charge is 2.21. The van der Waals surface area contributed by atoms with Crippen molar-refractivity contribution in [1.29, 1.82) is 0 Å². The van der Waals surface area contributed by atoms with Crippen molar-refractivity contribution in [2.24, 2.45) is 0 Å². The zero-order valence-electron chi connectivity index (χ0n) is 10.3. The monoisotopic (exact) mass is 220 g/mol. The molecule has 0 spiro atoms. The molecule has 4 nitrogen and oxygen atoms in total. The third-order valence-electron chi connectivity index (χ3n) is 3.02. The number of nitrogens with one attached hydrogen (secondary N) is 1. The Morgan fingerprint density at radius 2 is 2.31 bits per heavy atom. The Bertz CT molecular complexity index is 362. The lowest BCUT2D eigenvalue weighted by Crippen LogP contribution is -2.26. The maximum absolute atomic E-state index is 4.62. The molecule has 88 valence electrons. The second-order valence-corrected chi connectivity index (χ2v) is 4.47. The van der Waals surface area contributed by atoms with E-state index in [2.05, 4.69) is 22.2 Å². The summed E-state index contributed by atoms with van der Waals surface area (Å²) in [5.74, 6) is 0.816. The van der Waals surface area contributed by atoms with Gasteiger partial charge in [0.1, 0.15) is 0 Å². The molecule has 0 radical (unpaired) electrons. The normalized spacial score (nSPS) is 19.3. The summed E-state index contributed by atoms with van der Waals surface area (Å²) in [7, 11) is 3.96. The van der Waals surface area contributed by atoms with E-state index in [0.717, 1.165) is 18.9 Å². The van der Waals surface area contributed by atoms with Crippen LogP contribution in [0.1, 0.15) is 37.1 Å². The van der Waals surface area contributed by atoms with Crippen molar-refractivity contribution in [3.63, 3.8) is 0 Å². The van der Waals surface area contributed by atoms with E-state index in [4.69, 9.17) is 0 Å². The highest BCUT2D eigenvalue weighted by molar-refractivity contribution is 5.33. The topological polar surface area (TPSA) is 41.1 Å². The van der Waals surface area contributed by atoms with Crippen molar-refractivity contribution < 1.29 is 0 Å². The minimum Gasteiger partial charge on any atom is -0.347 e. The van der Waals surface area contributed by atoms with Crippen LogP contribution in [-0.4, -0.2) is 30.6 Å². The molecule has 0 saturated carbocycles. The summed E-state index contributed by atoms with van der Waals surface area (Å²) >= 11 is 0. The first-order chi connectivity index (χ1) is 7.72. The molecule has 0 aromatic carbocycles. The Morgan fingerprint density at radius 3 is 3.00 bits per heavy atom. The number of fused-ring (bicyclic) bond motifs is 1. The average molecular weight is 220 g/mol. The molecule has 0 aliphatic heterocycles. The number of anilines is 1. The lowest BCUT2D eigenvalue weighted by molar-refractivity contribution is 0.464. The summed E-state index contributed by atoms with van der Waals surface area (Å²) < 4.78 is 0. The molecule has 1 aromatic rings. The van der Waals surface area contributed by atoms with Crippen LogP contribution in [0.25, 0.3) is 0 Å². The first-order valence-corrected chi connectivity index (χ1v) is 5.99. The van der Waals surface area contributed by atoms with Crippen LogP contribution in [0.3, 0.4) is 0 Å². The van der Waals surface area contributed by atoms with Crippen molar-refractivity contribution in [2.75, 3.05) is 25.5 Å². The van der Waals surface area contributed by atoms with Crippen molar-refractivity contribution in [1.82, 2.24) is 15.3 Å². The van der Waals surface area contributed by atoms with Gasteiger partial charge in [-0.15, -0.1) is 0 Å². The smallest absolute Gasteiger partial charge is 0.225 e. The second-order valence-electron chi connectivity index (χ2n) is 4.47. The van der Waals surface area contributed by atoms with E-state index in [1.54, 1.807) is 0 Å². The number of aryl methyl sites for hydroxylation is 1. The Balaban J connectivity index is 2.29. The van der Waals surface area contributed by atoms with Crippen LogP contribution in [0.4, 0.5) is 5.95 Å². The van der Waals surface area contributed by atoms with Crippen LogP contribution < -0.4 is 10.2 Å². The van der Waals surface area contributed by atoms with Crippen LogP contribution in [0.2, 0.25) is 0 Å². The lowest BCUT2D eigenvalue weighted by Gasteiger charge is -2.25. The van der Waals surface area contributed by atoms with Gasteiger partial charge in [-0.25, -0.2) is 9.97 Å². The highest BCUT2D eigenvalue weighted by atomic mass is 15.2. The molecule has 0 fully saturated rings. The van der Waals surface area contributed by atoms with Crippen LogP contribution in [0.5, 0.6) is 0 Å². The molecule has 1 atom stereocenters. The van der Waals surface area contributed by atoms with Gasteiger partial charge < -0.3 is 10.2 Å². The summed E-state index contributed by atoms with van der Waals surface area (Å²) in [6.45, 7) is 3.14. The van der Waals surface area contributed by atoms with Gasteiger partial charge in [0, 0.05) is 31.9 Å². The first-order valence-electron chi connectivity index (χ1n) is 5.99. The molecule has 1 heterocycles. The van der Waals surface area contributed by atoms with Crippen molar-refractivity contribution in [3.05, 3.63) is 17.5 Å². The Hall–Kier alpha value is -1.16. The van der Waals surface area contributed by atoms with Crippen LogP contribution in [-0.2, 0) is 6.42 Å². The molecule has 1 aromatic heterocycles. The summed E-state index contributed by atoms with van der Waals surface area (Å²) in [6, 6.07) is 0.449. The quantitative estimate of drug-likeness (QED) is 0.838. The summed E-state index contributed by atoms with van der Waals surface area (Å²) in [5, 5.41) is 3.50. The van der Waals surface area contributed by atoms with E-state index in [9.17, 15) is 0 Å². The molecule has 2 rings (SSSR count). The van der Waals surface area contributed by atoms with Gasteiger partial charge in [0.05, 0.1) is 5.69 Å². The van der Waals surface area contributed by atoms with Gasteiger partial charge in [0.25, 0.3) is 0 Å². The predicted octanol–water partition coefficient (Wildman–Crippen LogP) is 1.53. The molecule has 1 unspecified atom stereocenters. The van der Waals surface area contributed by atoms with E-state index < -0.39 is 0 Å². The van der Waals surface area contributed by atoms with Gasteiger partial charge in [-0.3, -0.25) is 0 Å². The van der Waals surface area contributed by atoms with Crippen molar-refractivity contribution in [3.8, 4) is 0 Å². The Labute approximate surface area is 97.1 Å². The molecule has 0 amide bonds. The molecule has 4 heteroatoms. The van der Waals surface area contributed by atoms with Gasteiger partial charge in [-0.2, -0.15) is 0 Å². The largest absolute Gasteiger partial charge is 0.347 e. The van der Waals surface area contributed by atoms with Crippen LogP contribution in [0, 0.1) is 0 Å². The molecule has 1 N–H and O–H groups in total. The molecule has 0 saturated heterocycles. The van der Waals surface area contributed by atoms with Gasteiger partial charge in [0.15, 0.2) is 0 Å². The van der Waals surface area contributed by atoms with E-state index >= 15 is 0 Å². The third-order valence-corrected chi connectivity index (χ3v) is 3.02. The number of aromatic nitrogens is 2. The standard InChI is InChI=1S/C12H20N4/c1-4-13-10-6-5-7-11-9(10)8-14-12(15-11)16(2)3/h8,10,13H,4-7H2,1-3H3. The highest BCUT2D eigenvalue weighted by Crippen LogP contribution is 2.28. The number of rotatable bonds is 3. The summed E-state index contributed by atoms with van der Waals surface area (Å²) in [6.07, 6.45) is 5.49. The molecule has 1 aliphatic rings. The zero-order valence-corrected chi connectivity index (χ0v) is 10.3. The number of hydrogen-bond donors (Lipinski definition) is 1. The fourth-order valence-corrected chi connectivity index (χ4v) is 2.21. The fraction of sp³-hybridized carbons (Fsp3) is 0.667. The Morgan fingerprint density at radius 1 is 1.50 bits per heavy atom. The third kappa shape index (κ3) is 2.16. The van der Waals surface area contributed by atoms with Crippen LogP contribution >= 0.6 is 0 Å². The average Bonchev–Trinajstić information content (AvgIpc) is 2.29. The lowest BCUT2D eigenvalue weighted by atomic mass is 9.92. The molecule has 0 bridgehead atoms. The van der Waals surface area contributed by atoms with E-state index in [1.165, 1.54) is 24.1 Å². The number of hydrogen-bond acceptors (Lipinski definition) is 4. The maximum Gasteiger partial charge on any atom is 0.225 e. The maximum atomic E-state index is 4.62. The first kappa shape index (κ1) is 11.3. The van der Waals surface area contributed by atoms with E-state index in [-0.39, 0.29) is 0 Å². The minimum absolute atomic E-state index is 0.449. The zero-order chi connectivity index (χ0) is 11.5. The van der Waals surface area contributed by atoms with Gasteiger partial charge in [-0.1, -0.05) is 6.92 Å². The molecule has 1 aliphatic carbocycles.